The van der Waals surface area contributed by atoms with Crippen molar-refractivity contribution in [1.29, 1.82) is 0 Å². The number of alkyl halides is 3. The monoisotopic (exact) mass is 550 g/mol. The Kier molecular flexibility index (Phi) is 8.42. The van der Waals surface area contributed by atoms with E-state index < -0.39 is 22.6 Å². The fourth-order valence-electron chi connectivity index (χ4n) is 2.80. The van der Waals surface area contributed by atoms with E-state index in [9.17, 15) is 28.1 Å². The molecule has 0 radical (unpaired) electrons. The lowest BCUT2D eigenvalue weighted by Gasteiger charge is -2.10. The van der Waals surface area contributed by atoms with Crippen molar-refractivity contribution in [3.8, 4) is 5.75 Å². The van der Waals surface area contributed by atoms with Crippen molar-refractivity contribution < 1.29 is 27.6 Å². The van der Waals surface area contributed by atoms with E-state index in [0.717, 1.165) is 17.7 Å². The van der Waals surface area contributed by atoms with Gasteiger partial charge in [-0.05, 0) is 75.6 Å². The summed E-state index contributed by atoms with van der Waals surface area (Å²) in [4.78, 5) is 22.1. The van der Waals surface area contributed by atoms with Crippen molar-refractivity contribution in [1.82, 2.24) is 5.43 Å². The second kappa shape index (κ2) is 11.5. The number of ether oxygens (including phenoxy) is 1. The van der Waals surface area contributed by atoms with Crippen LogP contribution in [0.4, 0.5) is 24.5 Å². The highest BCUT2D eigenvalue weighted by Gasteiger charge is 2.30. The van der Waals surface area contributed by atoms with E-state index in [-0.39, 0.29) is 24.5 Å². The maximum Gasteiger partial charge on any atom is 0.416 e. The van der Waals surface area contributed by atoms with Crippen LogP contribution in [-0.2, 0) is 17.6 Å². The predicted octanol–water partition coefficient (Wildman–Crippen LogP) is 5.52. The van der Waals surface area contributed by atoms with E-state index in [2.05, 4.69) is 31.8 Å². The Morgan fingerprint density at radius 3 is 2.51 bits per heavy atom. The maximum absolute atomic E-state index is 12.7. The number of halogens is 4. The van der Waals surface area contributed by atoms with Crippen molar-refractivity contribution >= 4 is 39.4 Å². The number of nitrogens with one attached hydrogen (secondary N) is 2. The first kappa shape index (κ1) is 25.7. The van der Waals surface area contributed by atoms with Crippen LogP contribution < -0.4 is 15.5 Å². The number of anilines is 1. The van der Waals surface area contributed by atoms with Gasteiger partial charge in [0.15, 0.2) is 0 Å². The van der Waals surface area contributed by atoms with Crippen molar-refractivity contribution in [3.05, 3.63) is 98.0 Å². The molecule has 0 aliphatic carbocycles. The number of benzene rings is 3. The van der Waals surface area contributed by atoms with Crippen molar-refractivity contribution in [2.45, 2.75) is 12.8 Å². The van der Waals surface area contributed by atoms with Crippen LogP contribution in [0, 0.1) is 10.1 Å². The van der Waals surface area contributed by atoms with Crippen LogP contribution in [0.5, 0.6) is 5.75 Å². The Morgan fingerprint density at radius 2 is 1.86 bits per heavy atom. The van der Waals surface area contributed by atoms with Gasteiger partial charge in [0.1, 0.15) is 12.4 Å². The van der Waals surface area contributed by atoms with Gasteiger partial charge in [0.2, 0.25) is 0 Å². The van der Waals surface area contributed by atoms with Gasteiger partial charge in [-0.2, -0.15) is 18.3 Å². The number of hydrogen-bond donors (Lipinski definition) is 2. The van der Waals surface area contributed by atoms with Crippen LogP contribution in [0.1, 0.15) is 16.7 Å². The average molecular weight is 551 g/mol. The molecule has 12 heteroatoms. The van der Waals surface area contributed by atoms with Crippen LogP contribution in [-0.4, -0.2) is 23.6 Å². The fraction of sp³-hybridized carbons (Fsp3) is 0.130. The summed E-state index contributed by atoms with van der Waals surface area (Å²) in [5.74, 6) is -0.00407. The van der Waals surface area contributed by atoms with Crippen LogP contribution in [0.25, 0.3) is 0 Å². The lowest BCUT2D eigenvalue weighted by Crippen LogP contribution is -2.26. The maximum atomic E-state index is 12.7. The number of hydrazone groups is 1. The molecule has 0 atom stereocenters. The molecule has 182 valence electrons. The summed E-state index contributed by atoms with van der Waals surface area (Å²) in [5.41, 5.74) is 3.04. The summed E-state index contributed by atoms with van der Waals surface area (Å²) in [6.07, 6.45) is -3.07. The number of hydrogen-bond acceptors (Lipinski definition) is 6. The first-order chi connectivity index (χ1) is 16.6. The van der Waals surface area contributed by atoms with E-state index in [4.69, 9.17) is 4.74 Å². The van der Waals surface area contributed by atoms with E-state index in [1.54, 1.807) is 30.3 Å². The van der Waals surface area contributed by atoms with Gasteiger partial charge in [-0.1, -0.05) is 6.07 Å². The average Bonchev–Trinajstić information content (AvgIpc) is 2.82. The molecule has 0 aliphatic rings. The molecule has 3 aromatic carbocycles. The largest absolute Gasteiger partial charge is 0.488 e. The van der Waals surface area contributed by atoms with Gasteiger partial charge < -0.3 is 10.1 Å². The Hall–Kier alpha value is -3.93. The highest BCUT2D eigenvalue weighted by Crippen LogP contribution is 2.30. The number of amides is 1. The molecule has 1 amide bonds. The van der Waals surface area contributed by atoms with Gasteiger partial charge in [0, 0.05) is 17.8 Å². The Balaban J connectivity index is 1.48. The van der Waals surface area contributed by atoms with Crippen molar-refractivity contribution in [2.75, 3.05) is 11.9 Å². The first-order valence-electron chi connectivity index (χ1n) is 10.0. The highest BCUT2D eigenvalue weighted by molar-refractivity contribution is 9.10. The molecule has 3 aromatic rings. The fourth-order valence-corrected chi connectivity index (χ4v) is 3.31. The normalized spacial score (nSPS) is 11.3. The zero-order chi connectivity index (χ0) is 25.4. The molecule has 0 unspecified atom stereocenters. The topological polar surface area (TPSA) is 106 Å². The van der Waals surface area contributed by atoms with Gasteiger partial charge >= 0.3 is 6.18 Å². The molecule has 0 saturated heterocycles. The summed E-state index contributed by atoms with van der Waals surface area (Å²) in [6.45, 7) is -0.0588. The SMILES string of the molecule is O=C(CNc1cccc(C(F)(F)F)c1)N/N=C\c1ccc(OCc2ccc([N+](=O)[O-])cc2)c(Br)c1. The molecule has 35 heavy (non-hydrogen) atoms. The number of nitro groups is 1. The van der Waals surface area contributed by atoms with Gasteiger partial charge in [-0.15, -0.1) is 0 Å². The Bertz CT molecular complexity index is 1230. The summed E-state index contributed by atoms with van der Waals surface area (Å²) in [7, 11) is 0. The molecular formula is C23H18BrF3N4O4. The molecule has 3 rings (SSSR count). The van der Waals surface area contributed by atoms with E-state index in [1.165, 1.54) is 30.5 Å². The Morgan fingerprint density at radius 1 is 1.11 bits per heavy atom. The number of non-ortho nitro benzene ring substituents is 1. The van der Waals surface area contributed by atoms with Crippen LogP contribution in [0.15, 0.2) is 76.3 Å². The molecule has 0 heterocycles. The van der Waals surface area contributed by atoms with E-state index in [1.807, 2.05) is 0 Å². The Labute approximate surface area is 206 Å². The van der Waals surface area contributed by atoms with Gasteiger partial charge in [0.25, 0.3) is 11.6 Å². The number of rotatable bonds is 9. The van der Waals surface area contributed by atoms with E-state index in [0.29, 0.717) is 15.8 Å². The lowest BCUT2D eigenvalue weighted by molar-refractivity contribution is -0.384. The molecule has 2 N–H and O–H groups in total. The van der Waals surface area contributed by atoms with Gasteiger partial charge in [-0.25, -0.2) is 5.43 Å². The minimum absolute atomic E-state index is 0.00268. The number of carbonyl (C=O) groups is 1. The zero-order valence-corrected chi connectivity index (χ0v) is 19.5. The number of carbonyl (C=O) groups excluding carboxylic acids is 1. The molecule has 8 nitrogen and oxygen atoms in total. The van der Waals surface area contributed by atoms with Gasteiger partial charge in [-0.3, -0.25) is 14.9 Å². The quantitative estimate of drug-likeness (QED) is 0.207. The van der Waals surface area contributed by atoms with Gasteiger partial charge in [0.05, 0.1) is 27.7 Å². The smallest absolute Gasteiger partial charge is 0.416 e. The molecule has 0 aliphatic heterocycles. The van der Waals surface area contributed by atoms with Crippen molar-refractivity contribution in [2.24, 2.45) is 5.10 Å². The third-order valence-electron chi connectivity index (χ3n) is 4.54. The molecule has 0 fully saturated rings. The van der Waals surface area contributed by atoms with Crippen LogP contribution in [0.3, 0.4) is 0 Å². The number of nitro benzene ring substituents is 1. The van der Waals surface area contributed by atoms with E-state index >= 15 is 0 Å². The summed E-state index contributed by atoms with van der Waals surface area (Å²) >= 11 is 3.39. The standard InChI is InChI=1S/C23H18BrF3N4O4/c24-20-10-16(6-9-21(20)35-14-15-4-7-19(8-5-15)31(33)34)12-29-30-22(32)13-28-18-3-1-2-17(11-18)23(25,26)27/h1-12,28H,13-14H2,(H,30,32)/b29-12-. The highest BCUT2D eigenvalue weighted by atomic mass is 79.9. The minimum Gasteiger partial charge on any atom is -0.488 e. The third kappa shape index (κ3) is 7.81. The zero-order valence-electron chi connectivity index (χ0n) is 17.9. The van der Waals surface area contributed by atoms with Crippen LogP contribution in [0.2, 0.25) is 0 Å². The molecule has 0 bridgehead atoms. The molecule has 0 spiro atoms. The van der Waals surface area contributed by atoms with Crippen molar-refractivity contribution in [3.63, 3.8) is 0 Å². The second-order valence-electron chi connectivity index (χ2n) is 7.13. The summed E-state index contributed by atoms with van der Waals surface area (Å²) in [5, 5.41) is 17.2. The molecule has 0 saturated carbocycles. The lowest BCUT2D eigenvalue weighted by atomic mass is 10.2. The summed E-state index contributed by atoms with van der Waals surface area (Å²) in [6, 6.07) is 15.6. The molecular weight excluding hydrogens is 533 g/mol. The molecule has 0 aromatic heterocycles. The predicted molar refractivity (Wildman–Crippen MR) is 127 cm³/mol. The van der Waals surface area contributed by atoms with Crippen LogP contribution >= 0.6 is 15.9 Å². The third-order valence-corrected chi connectivity index (χ3v) is 5.16. The summed E-state index contributed by atoms with van der Waals surface area (Å²) < 4.78 is 44.6. The minimum atomic E-state index is -4.47. The number of nitrogens with zero attached hydrogens (tertiary/aromatic N) is 2. The second-order valence-corrected chi connectivity index (χ2v) is 7.98. The first-order valence-corrected chi connectivity index (χ1v) is 10.8.